The molecule has 0 heterocycles. The lowest BCUT2D eigenvalue weighted by Crippen LogP contribution is -2.52. The lowest BCUT2D eigenvalue weighted by atomic mass is 9.76. The highest BCUT2D eigenvalue weighted by Crippen LogP contribution is 2.36. The monoisotopic (exact) mass is 412 g/mol. The lowest BCUT2D eigenvalue weighted by Gasteiger charge is -2.39. The van der Waals surface area contributed by atoms with Crippen LogP contribution < -0.4 is 0 Å². The van der Waals surface area contributed by atoms with Crippen molar-refractivity contribution in [2.45, 2.75) is 70.6 Å². The van der Waals surface area contributed by atoms with Gasteiger partial charge < -0.3 is 9.53 Å². The average molecular weight is 413 g/mol. The molecule has 0 aromatic heterocycles. The standard InChI is InChI=1S/C25H36O3Si/c1-4-5-18-23(19-12-17-21-13-8-6-9-14-21)25(24(26)27,28-29(2)3)20-22-15-10-7-11-16-22/h6-11,13-16,23,29H,4-5,12,17-20H2,1-3H3,(H,26,27). The van der Waals surface area contributed by atoms with Crippen molar-refractivity contribution in [3.05, 3.63) is 71.8 Å². The van der Waals surface area contributed by atoms with Gasteiger partial charge in [-0.1, -0.05) is 80.4 Å². The summed E-state index contributed by atoms with van der Waals surface area (Å²) in [6.45, 7) is 6.31. The van der Waals surface area contributed by atoms with Crippen molar-refractivity contribution >= 4 is 15.0 Å². The fourth-order valence-corrected chi connectivity index (χ4v) is 5.38. The Labute approximate surface area is 177 Å². The smallest absolute Gasteiger partial charge is 0.335 e. The first-order chi connectivity index (χ1) is 14.0. The van der Waals surface area contributed by atoms with Gasteiger partial charge in [0.1, 0.15) is 0 Å². The normalized spacial score (nSPS) is 14.5. The van der Waals surface area contributed by atoms with E-state index in [1.54, 1.807) is 0 Å². The van der Waals surface area contributed by atoms with E-state index in [1.807, 2.05) is 36.4 Å². The van der Waals surface area contributed by atoms with Crippen molar-refractivity contribution in [3.63, 3.8) is 0 Å². The highest BCUT2D eigenvalue weighted by Gasteiger charge is 2.46. The molecular weight excluding hydrogens is 376 g/mol. The molecule has 2 aromatic carbocycles. The lowest BCUT2D eigenvalue weighted by molar-refractivity contribution is -0.162. The molecule has 0 amide bonds. The van der Waals surface area contributed by atoms with E-state index in [-0.39, 0.29) is 5.92 Å². The molecule has 0 aliphatic rings. The van der Waals surface area contributed by atoms with Crippen molar-refractivity contribution in [1.29, 1.82) is 0 Å². The number of carbonyl (C=O) groups is 1. The van der Waals surface area contributed by atoms with Crippen molar-refractivity contribution in [2.24, 2.45) is 5.92 Å². The molecule has 0 aliphatic heterocycles. The molecule has 2 rings (SSSR count). The van der Waals surface area contributed by atoms with E-state index in [2.05, 4.69) is 44.3 Å². The Morgan fingerprint density at radius 3 is 2.03 bits per heavy atom. The van der Waals surface area contributed by atoms with Crippen LogP contribution in [0.4, 0.5) is 0 Å². The van der Waals surface area contributed by atoms with E-state index in [9.17, 15) is 9.90 Å². The Morgan fingerprint density at radius 1 is 0.966 bits per heavy atom. The molecular formula is C25H36O3Si. The quantitative estimate of drug-likeness (QED) is 0.418. The summed E-state index contributed by atoms with van der Waals surface area (Å²) in [5.41, 5.74) is 1.21. The summed E-state index contributed by atoms with van der Waals surface area (Å²) < 4.78 is 6.40. The molecule has 0 fully saturated rings. The topological polar surface area (TPSA) is 46.5 Å². The molecule has 0 spiro atoms. The molecule has 0 saturated heterocycles. The molecule has 0 aliphatic carbocycles. The average Bonchev–Trinajstić information content (AvgIpc) is 2.71. The van der Waals surface area contributed by atoms with Crippen LogP contribution in [0.3, 0.4) is 0 Å². The first-order valence-electron chi connectivity index (χ1n) is 11.0. The van der Waals surface area contributed by atoms with E-state index in [4.69, 9.17) is 4.43 Å². The predicted octanol–water partition coefficient (Wildman–Crippen LogP) is 5.88. The second-order valence-corrected chi connectivity index (χ2v) is 10.6. The number of aliphatic carboxylic acids is 1. The van der Waals surface area contributed by atoms with Gasteiger partial charge in [0.05, 0.1) is 0 Å². The van der Waals surface area contributed by atoms with E-state index in [0.717, 1.165) is 44.1 Å². The molecule has 0 saturated carbocycles. The first-order valence-corrected chi connectivity index (χ1v) is 13.7. The molecule has 4 heteroatoms. The van der Waals surface area contributed by atoms with Crippen LogP contribution in [-0.2, 0) is 22.1 Å². The van der Waals surface area contributed by atoms with Crippen molar-refractivity contribution in [3.8, 4) is 0 Å². The number of carboxylic acids is 1. The molecule has 29 heavy (non-hydrogen) atoms. The zero-order valence-electron chi connectivity index (χ0n) is 18.1. The third-order valence-corrected chi connectivity index (χ3v) is 6.44. The van der Waals surface area contributed by atoms with Gasteiger partial charge in [0.25, 0.3) is 0 Å². The van der Waals surface area contributed by atoms with Crippen LogP contribution in [0.15, 0.2) is 60.7 Å². The minimum absolute atomic E-state index is 0.0127. The second-order valence-electron chi connectivity index (χ2n) is 8.24. The SMILES string of the molecule is CCCCC(CCCc1ccccc1)C(Cc1ccccc1)(O[SiH](C)C)C(=O)O. The summed E-state index contributed by atoms with van der Waals surface area (Å²) in [4.78, 5) is 12.7. The van der Waals surface area contributed by atoms with E-state index < -0.39 is 20.6 Å². The Kier molecular flexibility index (Phi) is 9.62. The van der Waals surface area contributed by atoms with Gasteiger partial charge in [0, 0.05) is 6.42 Å². The molecule has 158 valence electrons. The van der Waals surface area contributed by atoms with Gasteiger partial charge in [0.15, 0.2) is 14.6 Å². The molecule has 1 N–H and O–H groups in total. The van der Waals surface area contributed by atoms with Gasteiger partial charge in [-0.05, 0) is 55.8 Å². The summed E-state index contributed by atoms with van der Waals surface area (Å²) in [5.74, 6) is -0.790. The number of hydrogen-bond acceptors (Lipinski definition) is 2. The third kappa shape index (κ3) is 7.13. The highest BCUT2D eigenvalue weighted by molar-refractivity contribution is 6.48. The number of unbranched alkanes of at least 4 members (excludes halogenated alkanes) is 1. The summed E-state index contributed by atoms with van der Waals surface area (Å²) in [6.07, 6.45) is 6.25. The van der Waals surface area contributed by atoms with Crippen molar-refractivity contribution in [1.82, 2.24) is 0 Å². The zero-order chi connectivity index (χ0) is 21.1. The van der Waals surface area contributed by atoms with Gasteiger partial charge in [-0.2, -0.15) is 0 Å². The predicted molar refractivity (Wildman–Crippen MR) is 123 cm³/mol. The molecule has 2 atom stereocenters. The largest absolute Gasteiger partial charge is 0.479 e. The number of rotatable bonds is 13. The highest BCUT2D eigenvalue weighted by atomic mass is 28.3. The van der Waals surface area contributed by atoms with E-state index in [0.29, 0.717) is 6.42 Å². The van der Waals surface area contributed by atoms with Gasteiger partial charge in [-0.25, -0.2) is 4.79 Å². The summed E-state index contributed by atoms with van der Waals surface area (Å²) in [6, 6.07) is 20.4. The number of aryl methyl sites for hydroxylation is 1. The number of hydrogen-bond donors (Lipinski definition) is 1. The number of benzene rings is 2. The van der Waals surface area contributed by atoms with Crippen LogP contribution in [0.25, 0.3) is 0 Å². The molecule has 2 aromatic rings. The first kappa shape index (κ1) is 23.4. The third-order valence-electron chi connectivity index (χ3n) is 5.54. The Morgan fingerprint density at radius 2 is 1.52 bits per heavy atom. The van der Waals surface area contributed by atoms with Crippen LogP contribution >= 0.6 is 0 Å². The maximum absolute atomic E-state index is 12.7. The van der Waals surface area contributed by atoms with Crippen LogP contribution in [0.5, 0.6) is 0 Å². The Balaban J connectivity index is 2.27. The molecule has 0 bridgehead atoms. The van der Waals surface area contributed by atoms with E-state index in [1.165, 1.54) is 5.56 Å². The number of carboxylic acid groups (broad SMARTS) is 1. The van der Waals surface area contributed by atoms with Crippen LogP contribution in [0, 0.1) is 5.92 Å². The van der Waals surface area contributed by atoms with Crippen LogP contribution in [0.2, 0.25) is 13.1 Å². The molecule has 3 nitrogen and oxygen atoms in total. The van der Waals surface area contributed by atoms with Crippen molar-refractivity contribution in [2.75, 3.05) is 0 Å². The van der Waals surface area contributed by atoms with Gasteiger partial charge in [-0.15, -0.1) is 0 Å². The summed E-state index contributed by atoms with van der Waals surface area (Å²) in [5, 5.41) is 10.4. The maximum Gasteiger partial charge on any atom is 0.335 e. The second kappa shape index (κ2) is 11.9. The van der Waals surface area contributed by atoms with Gasteiger partial charge in [-0.3, -0.25) is 0 Å². The molecule has 2 unspecified atom stereocenters. The maximum atomic E-state index is 12.7. The minimum atomic E-state index is -1.56. The Bertz CT molecular complexity index is 717. The van der Waals surface area contributed by atoms with Gasteiger partial charge >= 0.3 is 5.97 Å². The summed E-state index contributed by atoms with van der Waals surface area (Å²) in [7, 11) is -1.56. The summed E-state index contributed by atoms with van der Waals surface area (Å²) >= 11 is 0. The van der Waals surface area contributed by atoms with E-state index >= 15 is 0 Å². The zero-order valence-corrected chi connectivity index (χ0v) is 19.3. The fraction of sp³-hybridized carbons (Fsp3) is 0.480. The Hall–Kier alpha value is -1.91. The fourth-order valence-electron chi connectivity index (χ4n) is 4.16. The van der Waals surface area contributed by atoms with Crippen molar-refractivity contribution < 1.29 is 14.3 Å². The van der Waals surface area contributed by atoms with Gasteiger partial charge in [0.2, 0.25) is 0 Å². The van der Waals surface area contributed by atoms with Crippen LogP contribution in [-0.4, -0.2) is 25.7 Å². The van der Waals surface area contributed by atoms with Crippen LogP contribution in [0.1, 0.15) is 50.2 Å². The minimum Gasteiger partial charge on any atom is -0.479 e. The molecule has 0 radical (unpaired) electrons.